The molecule has 1 saturated heterocycles. The minimum atomic E-state index is -3.48. The molecule has 3 heterocycles. The molecule has 0 bridgehead atoms. The topological polar surface area (TPSA) is 122 Å². The van der Waals surface area contributed by atoms with E-state index in [4.69, 9.17) is 4.98 Å². The molecule has 178 valence electrons. The molecule has 10 nitrogen and oxygen atoms in total. The molecule has 2 aromatic heterocycles. The van der Waals surface area contributed by atoms with Gasteiger partial charge in [0, 0.05) is 45.0 Å². The maximum atomic E-state index is 12.9. The Kier molecular flexibility index (Phi) is 5.82. The van der Waals surface area contributed by atoms with Gasteiger partial charge in [-0.2, -0.15) is 9.40 Å². The highest BCUT2D eigenvalue weighted by molar-refractivity contribution is 7.89. The quantitative estimate of drug-likeness (QED) is 0.568. The average molecular weight is 482 g/mol. The molecule has 34 heavy (non-hydrogen) atoms. The van der Waals surface area contributed by atoms with Crippen molar-refractivity contribution in [2.45, 2.75) is 36.6 Å². The van der Waals surface area contributed by atoms with E-state index in [1.165, 1.54) is 4.31 Å². The van der Waals surface area contributed by atoms with E-state index in [9.17, 15) is 13.2 Å². The Balaban J connectivity index is 1.32. The monoisotopic (exact) mass is 481 g/mol. The smallest absolute Gasteiger partial charge is 0.271 e. The van der Waals surface area contributed by atoms with Crippen molar-refractivity contribution < 1.29 is 13.2 Å². The summed E-state index contributed by atoms with van der Waals surface area (Å²) >= 11 is 0. The fraction of sp³-hybridized carbons (Fsp3) is 0.391. The van der Waals surface area contributed by atoms with Crippen LogP contribution in [0, 0.1) is 0 Å². The molecule has 11 heteroatoms. The number of benzene rings is 1. The zero-order chi connectivity index (χ0) is 23.9. The first-order chi connectivity index (χ1) is 16.4. The number of hydrogen-bond donors (Lipinski definition) is 2. The highest BCUT2D eigenvalue weighted by Gasteiger charge is 2.31. The number of aryl methyl sites for hydroxylation is 2. The number of carbonyl (C=O) groups is 1. The molecular weight excluding hydrogens is 454 g/mol. The van der Waals surface area contributed by atoms with Crippen LogP contribution in [0.5, 0.6) is 0 Å². The molecule has 2 aliphatic rings. The molecule has 1 aromatic carbocycles. The Bertz CT molecular complexity index is 1330. The van der Waals surface area contributed by atoms with Crippen molar-refractivity contribution in [3.63, 3.8) is 0 Å². The number of piperidine rings is 1. The van der Waals surface area contributed by atoms with Crippen molar-refractivity contribution in [2.75, 3.05) is 25.5 Å². The van der Waals surface area contributed by atoms with Crippen molar-refractivity contribution in [1.29, 1.82) is 0 Å². The summed E-state index contributed by atoms with van der Waals surface area (Å²) in [6.07, 6.45) is 4.60. The minimum Gasteiger partial charge on any atom is -0.354 e. The minimum absolute atomic E-state index is 0.0660. The third kappa shape index (κ3) is 3.94. The molecule has 0 atom stereocenters. The van der Waals surface area contributed by atoms with E-state index >= 15 is 0 Å². The van der Waals surface area contributed by atoms with Crippen LogP contribution in [0.4, 0.5) is 5.95 Å². The van der Waals surface area contributed by atoms with Crippen molar-refractivity contribution in [1.82, 2.24) is 29.4 Å². The van der Waals surface area contributed by atoms with Gasteiger partial charge in [-0.1, -0.05) is 18.2 Å². The van der Waals surface area contributed by atoms with Gasteiger partial charge in [-0.15, -0.1) is 0 Å². The number of hydrogen-bond acceptors (Lipinski definition) is 7. The molecule has 5 rings (SSSR count). The number of rotatable bonds is 5. The van der Waals surface area contributed by atoms with Gasteiger partial charge in [0.25, 0.3) is 5.91 Å². The van der Waals surface area contributed by atoms with Crippen molar-refractivity contribution >= 4 is 21.9 Å². The number of anilines is 1. The molecule has 1 amide bonds. The van der Waals surface area contributed by atoms with Crippen molar-refractivity contribution in [2.24, 2.45) is 7.05 Å². The van der Waals surface area contributed by atoms with Crippen molar-refractivity contribution in [3.8, 4) is 11.4 Å². The number of aromatic nitrogens is 4. The number of nitrogens with zero attached hydrogens (tertiary/aromatic N) is 5. The third-order valence-corrected chi connectivity index (χ3v) is 8.40. The lowest BCUT2D eigenvalue weighted by molar-refractivity contribution is 0.0956. The summed E-state index contributed by atoms with van der Waals surface area (Å²) in [7, 11) is -0.0677. The number of nitrogens with one attached hydrogen (secondary N) is 2. The first kappa shape index (κ1) is 22.5. The predicted octanol–water partition coefficient (Wildman–Crippen LogP) is 1.60. The van der Waals surface area contributed by atoms with E-state index in [1.807, 2.05) is 19.3 Å². The zero-order valence-electron chi connectivity index (χ0n) is 19.2. The maximum absolute atomic E-state index is 12.9. The van der Waals surface area contributed by atoms with E-state index in [1.54, 1.807) is 36.0 Å². The van der Waals surface area contributed by atoms with Gasteiger partial charge in [0.1, 0.15) is 0 Å². The zero-order valence-corrected chi connectivity index (χ0v) is 20.0. The van der Waals surface area contributed by atoms with Gasteiger partial charge in [-0.3, -0.25) is 9.48 Å². The van der Waals surface area contributed by atoms with Gasteiger partial charge in [0.15, 0.2) is 5.69 Å². The predicted molar refractivity (Wildman–Crippen MR) is 127 cm³/mol. The van der Waals surface area contributed by atoms with E-state index in [0.717, 1.165) is 28.9 Å². The molecule has 1 aliphatic carbocycles. The lowest BCUT2D eigenvalue weighted by Gasteiger charge is -2.31. The largest absolute Gasteiger partial charge is 0.354 e. The molecule has 3 aromatic rings. The van der Waals surface area contributed by atoms with Crippen LogP contribution in [0.25, 0.3) is 11.4 Å². The fourth-order valence-corrected chi connectivity index (χ4v) is 6.18. The number of fused-ring (bicyclic) bond motifs is 3. The van der Waals surface area contributed by atoms with E-state index in [2.05, 4.69) is 20.7 Å². The summed E-state index contributed by atoms with van der Waals surface area (Å²) in [6.45, 7) is 0.863. The van der Waals surface area contributed by atoms with Crippen LogP contribution in [0.3, 0.4) is 0 Å². The Labute approximate surface area is 198 Å². The van der Waals surface area contributed by atoms with Gasteiger partial charge < -0.3 is 10.6 Å². The number of carbonyl (C=O) groups excluding carboxylic acids is 1. The second-order valence-electron chi connectivity index (χ2n) is 8.58. The van der Waals surface area contributed by atoms with Gasteiger partial charge in [-0.25, -0.2) is 18.4 Å². The second kappa shape index (κ2) is 8.80. The summed E-state index contributed by atoms with van der Waals surface area (Å²) in [4.78, 5) is 21.8. The van der Waals surface area contributed by atoms with E-state index < -0.39 is 10.0 Å². The summed E-state index contributed by atoms with van der Waals surface area (Å²) in [5, 5.41) is 10.5. The summed E-state index contributed by atoms with van der Waals surface area (Å²) in [5.74, 6) is 0.295. The lowest BCUT2D eigenvalue weighted by Crippen LogP contribution is -2.42. The SMILES string of the molecule is CNC(=O)c1nn(C)c2c1CCc1cnc(NC3CCN(S(=O)(=O)c4ccccc4)CC3)nc1-2. The molecule has 2 N–H and O–H groups in total. The van der Waals surface area contributed by atoms with Gasteiger partial charge in [0.2, 0.25) is 16.0 Å². The van der Waals surface area contributed by atoms with Crippen LogP contribution in [0.2, 0.25) is 0 Å². The Morgan fingerprint density at radius 3 is 2.56 bits per heavy atom. The van der Waals surface area contributed by atoms with Crippen LogP contribution in [0.15, 0.2) is 41.4 Å². The molecule has 0 unspecified atom stereocenters. The average Bonchev–Trinajstić information content (AvgIpc) is 3.21. The second-order valence-corrected chi connectivity index (χ2v) is 10.5. The van der Waals surface area contributed by atoms with Gasteiger partial charge in [-0.05, 0) is 43.4 Å². The molecule has 0 saturated carbocycles. The van der Waals surface area contributed by atoms with E-state index in [0.29, 0.717) is 48.9 Å². The van der Waals surface area contributed by atoms with Gasteiger partial charge in [0.05, 0.1) is 16.3 Å². The summed E-state index contributed by atoms with van der Waals surface area (Å²) in [6, 6.07) is 8.60. The first-order valence-corrected chi connectivity index (χ1v) is 12.8. The first-order valence-electron chi connectivity index (χ1n) is 11.3. The number of sulfonamides is 1. The highest BCUT2D eigenvalue weighted by Crippen LogP contribution is 2.34. The Hall–Kier alpha value is -3.31. The molecule has 1 aliphatic heterocycles. The standard InChI is InChI=1S/C23H27N7O3S/c1-24-22(31)20-18-9-8-15-14-25-23(27-19(15)21(18)29(2)28-20)26-16-10-12-30(13-11-16)34(32,33)17-6-4-3-5-7-17/h3-7,14,16H,8-13H2,1-2H3,(H,24,31)(H,25,26,27). The molecule has 1 fully saturated rings. The normalized spacial score (nSPS) is 16.5. The summed E-state index contributed by atoms with van der Waals surface area (Å²) < 4.78 is 29.0. The van der Waals surface area contributed by atoms with Crippen LogP contribution in [-0.4, -0.2) is 64.6 Å². The summed E-state index contributed by atoms with van der Waals surface area (Å²) in [5.41, 5.74) is 3.99. The molecule has 0 radical (unpaired) electrons. The maximum Gasteiger partial charge on any atom is 0.271 e. The van der Waals surface area contributed by atoms with Crippen LogP contribution in [-0.2, 0) is 29.9 Å². The van der Waals surface area contributed by atoms with Crippen LogP contribution >= 0.6 is 0 Å². The third-order valence-electron chi connectivity index (χ3n) is 6.49. The van der Waals surface area contributed by atoms with Crippen molar-refractivity contribution in [3.05, 3.63) is 53.3 Å². The van der Waals surface area contributed by atoms with Gasteiger partial charge >= 0.3 is 0 Å². The Morgan fingerprint density at radius 2 is 1.85 bits per heavy atom. The van der Waals surface area contributed by atoms with E-state index in [-0.39, 0.29) is 11.9 Å². The molecular formula is C23H27N7O3S. The van der Waals surface area contributed by atoms with Crippen LogP contribution in [0.1, 0.15) is 34.5 Å². The highest BCUT2D eigenvalue weighted by atomic mass is 32.2. The lowest BCUT2D eigenvalue weighted by atomic mass is 9.93. The van der Waals surface area contributed by atoms with Crippen LogP contribution < -0.4 is 10.6 Å². The fourth-order valence-electron chi connectivity index (χ4n) is 4.69. The molecule has 0 spiro atoms. The Morgan fingerprint density at radius 1 is 1.12 bits per heavy atom. The number of amides is 1.